The lowest BCUT2D eigenvalue weighted by Crippen LogP contribution is -2.39. The Hall–Kier alpha value is -1.78. The third-order valence-electron chi connectivity index (χ3n) is 2.01. The van der Waals surface area contributed by atoms with Crippen molar-refractivity contribution < 1.29 is 9.59 Å². The van der Waals surface area contributed by atoms with Gasteiger partial charge in [-0.2, -0.15) is 0 Å². The maximum Gasteiger partial charge on any atom is 0.296 e. The molecule has 0 spiro atoms. The number of hydrogen-bond donors (Lipinski definition) is 1. The Labute approximate surface area is 136 Å². The highest BCUT2D eigenvalue weighted by Crippen LogP contribution is 2.13. The van der Waals surface area contributed by atoms with Crippen LogP contribution in [-0.4, -0.2) is 42.8 Å². The first-order valence-electron chi connectivity index (χ1n) is 7.22. The smallest absolute Gasteiger partial charge is 0.296 e. The van der Waals surface area contributed by atoms with Crippen molar-refractivity contribution in [3.05, 3.63) is 0 Å². The molecule has 0 aliphatic carbocycles. The van der Waals surface area contributed by atoms with E-state index in [-0.39, 0.29) is 22.6 Å². The van der Waals surface area contributed by atoms with E-state index in [0.717, 1.165) is 0 Å². The Balaban J connectivity index is 0. The highest BCUT2D eigenvalue weighted by molar-refractivity contribution is 5.99. The molecule has 0 atom stereocenters. The number of rotatable bonds is 1. The Morgan fingerprint density at radius 2 is 1.50 bits per heavy atom. The van der Waals surface area contributed by atoms with E-state index in [2.05, 4.69) is 29.0 Å². The van der Waals surface area contributed by atoms with Crippen molar-refractivity contribution in [3.8, 4) is 23.7 Å². The quantitative estimate of drug-likeness (QED) is 0.596. The maximum atomic E-state index is 11.3. The van der Waals surface area contributed by atoms with Crippen LogP contribution in [0.2, 0.25) is 0 Å². The molecule has 4 heteroatoms. The summed E-state index contributed by atoms with van der Waals surface area (Å²) >= 11 is 0. The zero-order valence-electron chi connectivity index (χ0n) is 15.5. The minimum absolute atomic E-state index is 0.00403. The molecule has 0 aliphatic rings. The van der Waals surface area contributed by atoms with Gasteiger partial charge in [-0.15, -0.1) is 0 Å². The minimum atomic E-state index is -0.334. The van der Waals surface area contributed by atoms with E-state index in [1.807, 2.05) is 60.5 Å². The molecule has 1 amide bonds. The second kappa shape index (κ2) is 10.0. The van der Waals surface area contributed by atoms with Crippen LogP contribution in [0.3, 0.4) is 0 Å². The maximum absolute atomic E-state index is 11.3. The Morgan fingerprint density at radius 1 is 1.00 bits per heavy atom. The number of nitrogens with zero attached hydrogens (tertiary/aromatic N) is 1. The van der Waals surface area contributed by atoms with Gasteiger partial charge in [0.05, 0.1) is 6.54 Å². The average molecular weight is 306 g/mol. The van der Waals surface area contributed by atoms with Crippen LogP contribution in [0.25, 0.3) is 0 Å². The molecule has 0 unspecified atom stereocenters. The molecule has 4 nitrogen and oxygen atoms in total. The zero-order valence-corrected chi connectivity index (χ0v) is 15.5. The van der Waals surface area contributed by atoms with Crippen molar-refractivity contribution in [2.75, 3.05) is 20.6 Å². The van der Waals surface area contributed by atoms with Gasteiger partial charge in [-0.1, -0.05) is 32.6 Å². The third-order valence-corrected chi connectivity index (χ3v) is 2.01. The molecule has 0 fully saturated rings. The Bertz CT molecular complexity index is 484. The molecule has 0 aromatic carbocycles. The molecule has 0 saturated heterocycles. The zero-order chi connectivity index (χ0) is 18.0. The van der Waals surface area contributed by atoms with Gasteiger partial charge in [0.15, 0.2) is 0 Å². The van der Waals surface area contributed by atoms with E-state index in [0.29, 0.717) is 6.54 Å². The standard InChI is InChI=1S/C10H17NO.C8H13NO/c1-10(2,3)9(12)7-6-8-11(4)5;1-5-6-7(10)9-8(2,3)4/h8H2,1-5H3;1-4H3,(H,9,10). The van der Waals surface area contributed by atoms with Crippen LogP contribution >= 0.6 is 0 Å². The number of nitrogens with one attached hydrogen (secondary N) is 1. The van der Waals surface area contributed by atoms with E-state index in [1.165, 1.54) is 0 Å². The van der Waals surface area contributed by atoms with Crippen LogP contribution in [0.4, 0.5) is 0 Å². The third kappa shape index (κ3) is 16.3. The Kier molecular flexibility index (Phi) is 10.3. The van der Waals surface area contributed by atoms with Crippen LogP contribution in [0.5, 0.6) is 0 Å². The summed E-state index contributed by atoms with van der Waals surface area (Å²) in [6.07, 6.45) is 0. The number of ketones is 1. The number of carbonyl (C=O) groups is 2. The lowest BCUT2D eigenvalue weighted by atomic mass is 9.91. The van der Waals surface area contributed by atoms with Gasteiger partial charge in [0.1, 0.15) is 0 Å². The summed E-state index contributed by atoms with van der Waals surface area (Å²) in [6.45, 7) is 13.7. The molecule has 0 rings (SSSR count). The van der Waals surface area contributed by atoms with Gasteiger partial charge in [-0.05, 0) is 53.6 Å². The van der Waals surface area contributed by atoms with Crippen LogP contribution in [-0.2, 0) is 9.59 Å². The summed E-state index contributed by atoms with van der Waals surface area (Å²) in [5.41, 5.74) is -0.514. The van der Waals surface area contributed by atoms with Crippen LogP contribution < -0.4 is 5.32 Å². The monoisotopic (exact) mass is 306 g/mol. The van der Waals surface area contributed by atoms with Crippen molar-refractivity contribution >= 4 is 11.7 Å². The summed E-state index contributed by atoms with van der Waals surface area (Å²) in [7, 11) is 3.85. The average Bonchev–Trinajstić information content (AvgIpc) is 2.25. The molecule has 124 valence electrons. The van der Waals surface area contributed by atoms with Gasteiger partial charge in [0.2, 0.25) is 5.78 Å². The van der Waals surface area contributed by atoms with Gasteiger partial charge in [0, 0.05) is 11.0 Å². The number of Topliss-reactive ketones (excluding diaryl/α,β-unsaturated/α-hetero) is 1. The van der Waals surface area contributed by atoms with Crippen molar-refractivity contribution in [2.45, 2.75) is 54.0 Å². The predicted octanol–water partition coefficient (Wildman–Crippen LogP) is 2.09. The fraction of sp³-hybridized carbons (Fsp3) is 0.667. The van der Waals surface area contributed by atoms with E-state index >= 15 is 0 Å². The van der Waals surface area contributed by atoms with Crippen molar-refractivity contribution in [2.24, 2.45) is 5.41 Å². The molecular weight excluding hydrogens is 276 g/mol. The van der Waals surface area contributed by atoms with Gasteiger partial charge in [-0.3, -0.25) is 14.5 Å². The largest absolute Gasteiger partial charge is 0.341 e. The van der Waals surface area contributed by atoms with Gasteiger partial charge >= 0.3 is 0 Å². The van der Waals surface area contributed by atoms with E-state index in [4.69, 9.17) is 0 Å². The molecule has 1 N–H and O–H groups in total. The molecule has 0 bridgehead atoms. The highest BCUT2D eigenvalue weighted by atomic mass is 16.1. The predicted molar refractivity (Wildman–Crippen MR) is 92.1 cm³/mol. The molecule has 0 heterocycles. The fourth-order valence-corrected chi connectivity index (χ4v) is 0.951. The highest BCUT2D eigenvalue weighted by Gasteiger charge is 2.18. The van der Waals surface area contributed by atoms with Gasteiger partial charge in [-0.25, -0.2) is 0 Å². The van der Waals surface area contributed by atoms with E-state index in [1.54, 1.807) is 6.92 Å². The van der Waals surface area contributed by atoms with Crippen molar-refractivity contribution in [1.82, 2.24) is 10.2 Å². The first-order valence-corrected chi connectivity index (χ1v) is 7.22. The second-order valence-corrected chi connectivity index (χ2v) is 7.20. The van der Waals surface area contributed by atoms with Gasteiger partial charge < -0.3 is 5.32 Å². The van der Waals surface area contributed by atoms with Crippen LogP contribution in [0.1, 0.15) is 48.5 Å². The summed E-state index contributed by atoms with van der Waals surface area (Å²) in [6, 6.07) is 0. The summed E-state index contributed by atoms with van der Waals surface area (Å²) in [5.74, 6) is 10.2. The Morgan fingerprint density at radius 3 is 1.82 bits per heavy atom. The first-order chi connectivity index (χ1) is 9.79. The second-order valence-electron chi connectivity index (χ2n) is 7.20. The molecule has 22 heavy (non-hydrogen) atoms. The van der Waals surface area contributed by atoms with E-state index < -0.39 is 0 Å². The number of amides is 1. The van der Waals surface area contributed by atoms with Crippen molar-refractivity contribution in [1.29, 1.82) is 0 Å². The summed E-state index contributed by atoms with van der Waals surface area (Å²) in [5, 5.41) is 2.71. The van der Waals surface area contributed by atoms with Crippen molar-refractivity contribution in [3.63, 3.8) is 0 Å². The number of carbonyl (C=O) groups excluding carboxylic acids is 2. The lowest BCUT2D eigenvalue weighted by molar-refractivity contribution is -0.120. The minimum Gasteiger partial charge on any atom is -0.341 e. The first kappa shape index (κ1) is 22.5. The molecule has 0 aromatic rings. The summed E-state index contributed by atoms with van der Waals surface area (Å²) in [4.78, 5) is 24.0. The fourth-order valence-electron chi connectivity index (χ4n) is 0.951. The molecule has 0 aliphatic heterocycles. The molecule has 0 aromatic heterocycles. The molecule has 0 radical (unpaired) electrons. The normalized spacial score (nSPS) is 10.3. The van der Waals surface area contributed by atoms with E-state index in [9.17, 15) is 9.59 Å². The number of hydrogen-bond acceptors (Lipinski definition) is 3. The van der Waals surface area contributed by atoms with Crippen LogP contribution in [0, 0.1) is 29.1 Å². The van der Waals surface area contributed by atoms with Crippen LogP contribution in [0.15, 0.2) is 0 Å². The molecule has 0 saturated carbocycles. The summed E-state index contributed by atoms with van der Waals surface area (Å²) < 4.78 is 0. The SMILES string of the molecule is CC#CC(=O)NC(C)(C)C.CN(C)CC#CC(=O)C(C)(C)C. The molecular formula is C18H30N2O2. The topological polar surface area (TPSA) is 49.4 Å². The lowest BCUT2D eigenvalue weighted by Gasteiger charge is -2.17. The van der Waals surface area contributed by atoms with Gasteiger partial charge in [0.25, 0.3) is 5.91 Å².